The number of terminal acetylenes is 1. The normalized spacial score (nSPS) is 29.0. The van der Waals surface area contributed by atoms with Crippen LogP contribution in [-0.2, 0) is 29.1 Å². The van der Waals surface area contributed by atoms with Gasteiger partial charge in [0, 0.05) is 12.3 Å². The number of aliphatic hydroxyl groups is 2. The number of nitrogens with zero attached hydrogens (tertiary/aromatic N) is 1. The zero-order chi connectivity index (χ0) is 28.4. The molecule has 39 heavy (non-hydrogen) atoms. The number of nitrogens with one attached hydrogen (secondary N) is 2. The second-order valence-corrected chi connectivity index (χ2v) is 11.2. The zero-order valence-electron chi connectivity index (χ0n) is 21.3. The second kappa shape index (κ2) is 11.1. The van der Waals surface area contributed by atoms with Gasteiger partial charge in [-0.3, -0.25) is 23.7 Å². The van der Waals surface area contributed by atoms with Crippen LogP contribution >= 0.6 is 7.75 Å². The summed E-state index contributed by atoms with van der Waals surface area (Å²) in [6.45, 7) is 2.02. The van der Waals surface area contributed by atoms with E-state index in [1.165, 1.54) is 26.0 Å². The molecule has 2 fully saturated rings. The van der Waals surface area contributed by atoms with Gasteiger partial charge >= 0.3 is 19.4 Å². The Morgan fingerprint density at radius 3 is 2.62 bits per heavy atom. The number of H-pyrrole nitrogens is 1. The lowest BCUT2D eigenvalue weighted by Gasteiger charge is -2.36. The molecule has 0 bridgehead atoms. The van der Waals surface area contributed by atoms with Gasteiger partial charge in [0.25, 0.3) is 5.56 Å². The molecule has 1 unspecified atom stereocenters. The third-order valence-electron chi connectivity index (χ3n) is 6.79. The lowest BCUT2D eigenvalue weighted by Crippen LogP contribution is -2.58. The van der Waals surface area contributed by atoms with E-state index in [2.05, 4.69) is 11.0 Å². The van der Waals surface area contributed by atoms with E-state index in [4.69, 9.17) is 24.9 Å². The Balaban J connectivity index is 1.56. The molecule has 13 nitrogen and oxygen atoms in total. The fraction of sp³-hybridized carbons (Fsp3) is 0.480. The highest BCUT2D eigenvalue weighted by Crippen LogP contribution is 2.48. The number of ether oxygens (including phenoxy) is 2. The maximum atomic E-state index is 13.8. The Morgan fingerprint density at radius 2 is 2.03 bits per heavy atom. The number of rotatable bonds is 10. The van der Waals surface area contributed by atoms with Gasteiger partial charge in [-0.2, -0.15) is 5.09 Å². The highest BCUT2D eigenvalue weighted by Gasteiger charge is 2.64. The lowest BCUT2D eigenvalue weighted by molar-refractivity contribution is -0.161. The standard InChI is InChI=1S/C25H30N3O10P/c1-4-25(33)21(30)19(37-24(25,3)28-14-13-20(29)26-23(28)32)15-35-39(34,38-18-9-6-5-7-10-18)27-16(2)22(31)36-17-11-8-12-17/h1,5-7,9-10,13-14,16-17,19,21,30,33H,8,11-12,15H2,2-3H3,(H,27,34)(H,26,29,32)/t16-,19+,21+,24+,25+,39?/m0/s1. The van der Waals surface area contributed by atoms with Gasteiger partial charge in [-0.25, -0.2) is 9.36 Å². The molecule has 2 aliphatic rings. The van der Waals surface area contributed by atoms with Crippen molar-refractivity contribution in [3.8, 4) is 18.1 Å². The average molecular weight is 564 g/mol. The number of hydrogen-bond donors (Lipinski definition) is 4. The van der Waals surface area contributed by atoms with E-state index in [-0.39, 0.29) is 11.9 Å². The number of carbonyl (C=O) groups is 1. The van der Waals surface area contributed by atoms with Crippen molar-refractivity contribution >= 4 is 13.7 Å². The van der Waals surface area contributed by atoms with Gasteiger partial charge in [-0.05, 0) is 45.2 Å². The molecule has 210 valence electrons. The first-order valence-corrected chi connectivity index (χ1v) is 13.8. The van der Waals surface area contributed by atoms with Crippen molar-refractivity contribution in [2.75, 3.05) is 6.61 Å². The van der Waals surface area contributed by atoms with Crippen molar-refractivity contribution in [1.82, 2.24) is 14.6 Å². The van der Waals surface area contributed by atoms with Crippen LogP contribution in [0.4, 0.5) is 0 Å². The predicted molar refractivity (Wildman–Crippen MR) is 137 cm³/mol. The van der Waals surface area contributed by atoms with Crippen molar-refractivity contribution in [2.24, 2.45) is 0 Å². The van der Waals surface area contributed by atoms with Gasteiger partial charge in [-0.1, -0.05) is 24.1 Å². The van der Waals surface area contributed by atoms with Crippen LogP contribution in [0.3, 0.4) is 0 Å². The van der Waals surface area contributed by atoms with Crippen molar-refractivity contribution in [1.29, 1.82) is 0 Å². The third kappa shape index (κ3) is 5.72. The molecule has 4 rings (SSSR count). The van der Waals surface area contributed by atoms with E-state index in [1.807, 2.05) is 4.98 Å². The van der Waals surface area contributed by atoms with Gasteiger partial charge < -0.3 is 24.2 Å². The van der Waals surface area contributed by atoms with Crippen LogP contribution in [0, 0.1) is 12.3 Å². The summed E-state index contributed by atoms with van der Waals surface area (Å²) in [7, 11) is -4.34. The molecule has 4 N–H and O–H groups in total. The average Bonchev–Trinajstić information content (AvgIpc) is 3.06. The molecular weight excluding hydrogens is 533 g/mol. The number of para-hydroxylation sites is 1. The first-order valence-electron chi connectivity index (χ1n) is 12.3. The smallest absolute Gasteiger partial charge is 0.459 e. The van der Waals surface area contributed by atoms with Gasteiger partial charge in [-0.15, -0.1) is 6.42 Å². The van der Waals surface area contributed by atoms with Crippen LogP contribution in [-0.4, -0.2) is 62.3 Å². The highest BCUT2D eigenvalue weighted by molar-refractivity contribution is 7.52. The molecule has 1 aliphatic heterocycles. The molecule has 1 saturated carbocycles. The molecule has 1 aromatic carbocycles. The molecule has 2 heterocycles. The van der Waals surface area contributed by atoms with E-state index < -0.39 is 61.1 Å². The molecular formula is C25H30N3O10P. The number of esters is 1. The van der Waals surface area contributed by atoms with Crippen LogP contribution in [0.25, 0.3) is 0 Å². The molecule has 1 saturated heterocycles. The Morgan fingerprint density at radius 1 is 1.33 bits per heavy atom. The van der Waals surface area contributed by atoms with Crippen molar-refractivity contribution in [2.45, 2.75) is 68.8 Å². The van der Waals surface area contributed by atoms with Gasteiger partial charge in [0.1, 0.15) is 30.1 Å². The summed E-state index contributed by atoms with van der Waals surface area (Å²) in [6.07, 6.45) is 5.59. The quantitative estimate of drug-likeness (QED) is 0.181. The molecule has 2 aromatic rings. The second-order valence-electron chi connectivity index (χ2n) is 9.51. The number of aliphatic hydroxyl groups excluding tert-OH is 1. The minimum absolute atomic E-state index is 0.158. The maximum absolute atomic E-state index is 13.8. The Kier molecular flexibility index (Phi) is 8.18. The molecule has 0 spiro atoms. The van der Waals surface area contributed by atoms with Crippen LogP contribution in [0.1, 0.15) is 33.1 Å². The highest BCUT2D eigenvalue weighted by atomic mass is 31.2. The number of aromatic nitrogens is 2. The van der Waals surface area contributed by atoms with E-state index >= 15 is 0 Å². The summed E-state index contributed by atoms with van der Waals surface area (Å²) < 4.78 is 37.0. The maximum Gasteiger partial charge on any atom is 0.459 e. The molecule has 0 radical (unpaired) electrons. The lowest BCUT2D eigenvalue weighted by atomic mass is 9.87. The number of carbonyl (C=O) groups excluding carboxylic acids is 1. The number of aromatic amines is 1. The van der Waals surface area contributed by atoms with Crippen LogP contribution < -0.4 is 20.9 Å². The van der Waals surface area contributed by atoms with Crippen LogP contribution in [0.2, 0.25) is 0 Å². The zero-order valence-corrected chi connectivity index (χ0v) is 22.2. The summed E-state index contributed by atoms with van der Waals surface area (Å²) in [5.41, 5.74) is -6.18. The van der Waals surface area contributed by atoms with E-state index in [9.17, 15) is 29.2 Å². The monoisotopic (exact) mass is 563 g/mol. The summed E-state index contributed by atoms with van der Waals surface area (Å²) in [4.78, 5) is 38.6. The van der Waals surface area contributed by atoms with E-state index in [0.29, 0.717) is 0 Å². The fourth-order valence-corrected chi connectivity index (χ4v) is 5.76. The number of benzene rings is 1. The van der Waals surface area contributed by atoms with Crippen molar-refractivity contribution < 1.29 is 38.1 Å². The Bertz CT molecular complexity index is 1400. The fourth-order valence-electron chi connectivity index (χ4n) is 4.26. The molecule has 1 aromatic heterocycles. The Hall–Kier alpha value is -3.24. The molecule has 14 heteroatoms. The van der Waals surface area contributed by atoms with Gasteiger partial charge in [0.05, 0.1) is 6.61 Å². The molecule has 0 amide bonds. The Labute approximate surface area is 223 Å². The predicted octanol–water partition coefficient (Wildman–Crippen LogP) is 0.611. The summed E-state index contributed by atoms with van der Waals surface area (Å²) in [6, 6.07) is 7.95. The van der Waals surface area contributed by atoms with Crippen LogP contribution in [0.15, 0.2) is 52.2 Å². The topological polar surface area (TPSA) is 178 Å². The minimum Gasteiger partial charge on any atom is -0.461 e. The van der Waals surface area contributed by atoms with Crippen molar-refractivity contribution in [3.63, 3.8) is 0 Å². The van der Waals surface area contributed by atoms with E-state index in [1.54, 1.807) is 18.2 Å². The first-order chi connectivity index (χ1) is 18.4. The van der Waals surface area contributed by atoms with Crippen molar-refractivity contribution in [3.05, 3.63) is 63.4 Å². The molecule has 1 aliphatic carbocycles. The largest absolute Gasteiger partial charge is 0.461 e. The first kappa shape index (κ1) is 28.8. The van der Waals surface area contributed by atoms with Gasteiger partial charge in [0.15, 0.2) is 5.72 Å². The third-order valence-corrected chi connectivity index (χ3v) is 8.43. The molecule has 6 atom stereocenters. The van der Waals surface area contributed by atoms with Gasteiger partial charge in [0.2, 0.25) is 5.60 Å². The van der Waals surface area contributed by atoms with Crippen LogP contribution in [0.5, 0.6) is 5.75 Å². The summed E-state index contributed by atoms with van der Waals surface area (Å²) in [5, 5.41) is 24.7. The summed E-state index contributed by atoms with van der Waals surface area (Å²) >= 11 is 0. The SMILES string of the molecule is C#C[C@@]1(O)[C@H](O)[C@@H](COP(=O)(N[C@@H](C)C(=O)OC2CCC2)Oc2ccccc2)O[C@@]1(C)n1ccc(=O)[nH]c1=O. The minimum atomic E-state index is -4.34. The number of hydrogen-bond acceptors (Lipinski definition) is 10. The summed E-state index contributed by atoms with van der Waals surface area (Å²) in [5.74, 6) is 1.57. The van der Waals surface area contributed by atoms with E-state index in [0.717, 1.165) is 36.1 Å².